The molecule has 0 N–H and O–H groups in total. The molecular weight excluding hydrogens is 378 g/mol. The van der Waals surface area contributed by atoms with Crippen molar-refractivity contribution in [1.29, 1.82) is 0 Å². The molecule has 3 aromatic carbocycles. The number of hydrogen-bond acceptors (Lipinski definition) is 1. The monoisotopic (exact) mass is 407 g/mol. The number of nitrogens with zero attached hydrogens (tertiary/aromatic N) is 3. The molecule has 0 fully saturated rings. The second-order valence-corrected chi connectivity index (χ2v) is 8.70. The number of fused-ring (bicyclic) bond motifs is 6. The van der Waals surface area contributed by atoms with Crippen molar-refractivity contribution in [1.82, 2.24) is 9.55 Å². The third kappa shape index (κ3) is 2.40. The van der Waals surface area contributed by atoms with Crippen LogP contribution in [0.4, 0.5) is 0 Å². The summed E-state index contributed by atoms with van der Waals surface area (Å²) >= 11 is 0. The van der Waals surface area contributed by atoms with Crippen molar-refractivity contribution in [2.24, 2.45) is 7.05 Å². The summed E-state index contributed by atoms with van der Waals surface area (Å²) < 4.78 is 29.5. The molecule has 3 heteroatoms. The number of aromatic nitrogens is 3. The van der Waals surface area contributed by atoms with Crippen LogP contribution in [-0.2, 0) is 13.5 Å². The molecule has 0 saturated carbocycles. The summed E-state index contributed by atoms with van der Waals surface area (Å²) in [4.78, 5) is 4.87. The smallest absolute Gasteiger partial charge is 0.213 e. The molecule has 0 spiro atoms. The minimum Gasteiger partial charge on any atom is -0.296 e. The van der Waals surface area contributed by atoms with E-state index in [1.54, 1.807) is 0 Å². The minimum absolute atomic E-state index is 0.348. The maximum atomic E-state index is 8.39. The van der Waals surface area contributed by atoms with Crippen LogP contribution in [0.5, 0.6) is 0 Å². The van der Waals surface area contributed by atoms with Gasteiger partial charge in [-0.25, -0.2) is 4.98 Å². The normalized spacial score (nSPS) is 14.4. The van der Waals surface area contributed by atoms with Crippen LogP contribution in [0.3, 0.4) is 0 Å². The van der Waals surface area contributed by atoms with Gasteiger partial charge in [0.2, 0.25) is 11.2 Å². The molecule has 0 atom stereocenters. The molecule has 0 saturated heterocycles. The maximum Gasteiger partial charge on any atom is 0.213 e. The Balaban J connectivity index is 1.74. The summed E-state index contributed by atoms with van der Waals surface area (Å²) in [5.74, 6) is 0.896. The molecule has 0 unspecified atom stereocenters. The number of para-hydroxylation sites is 1. The largest absolute Gasteiger partial charge is 0.296 e. The molecule has 31 heavy (non-hydrogen) atoms. The fourth-order valence-electron chi connectivity index (χ4n) is 5.26. The van der Waals surface area contributed by atoms with Gasteiger partial charge in [-0.05, 0) is 67.6 Å². The molecule has 3 nitrogen and oxygen atoms in total. The molecule has 0 amide bonds. The predicted octanol–water partition coefficient (Wildman–Crippen LogP) is 5.81. The van der Waals surface area contributed by atoms with E-state index in [9.17, 15) is 0 Å². The first-order chi connectivity index (χ1) is 16.2. The highest BCUT2D eigenvalue weighted by Crippen LogP contribution is 2.37. The molecule has 3 heterocycles. The van der Waals surface area contributed by atoms with Gasteiger partial charge in [0, 0.05) is 22.7 Å². The molecule has 5 aromatic rings. The van der Waals surface area contributed by atoms with E-state index >= 15 is 0 Å². The van der Waals surface area contributed by atoms with Crippen LogP contribution in [0.15, 0.2) is 54.6 Å². The predicted molar refractivity (Wildman–Crippen MR) is 127 cm³/mol. The van der Waals surface area contributed by atoms with Gasteiger partial charge in [-0.15, -0.1) is 0 Å². The van der Waals surface area contributed by atoms with Gasteiger partial charge in [0.05, 0.1) is 27.7 Å². The molecule has 0 radical (unpaired) electrons. The first-order valence-corrected chi connectivity index (χ1v) is 10.7. The zero-order valence-corrected chi connectivity index (χ0v) is 18.2. The van der Waals surface area contributed by atoms with E-state index in [1.165, 1.54) is 22.1 Å². The Bertz CT molecular complexity index is 1660. The molecule has 0 bridgehead atoms. The fourth-order valence-corrected chi connectivity index (χ4v) is 5.26. The van der Waals surface area contributed by atoms with Crippen molar-refractivity contribution in [2.75, 3.05) is 0 Å². The highest BCUT2D eigenvalue weighted by Gasteiger charge is 2.26. The first kappa shape index (κ1) is 15.4. The van der Waals surface area contributed by atoms with Gasteiger partial charge < -0.3 is 0 Å². The number of imidazole rings is 1. The zero-order valence-electron chi connectivity index (χ0n) is 21.2. The van der Waals surface area contributed by atoms with E-state index < -0.39 is 6.85 Å². The standard InChI is InChI=1S/C28H26N3/c1-16-9-8-12-23-27(16)17(2)13-24(30(23)5)21-15-25-28(19(4)18(21)3)29-26-14-20-10-6-7-11-22(20)31(25)26/h6-13,15H,14H2,1-5H3/q+1/i4D3. The van der Waals surface area contributed by atoms with Crippen molar-refractivity contribution in [2.45, 2.75) is 34.0 Å². The lowest BCUT2D eigenvalue weighted by molar-refractivity contribution is -0.633. The van der Waals surface area contributed by atoms with Gasteiger partial charge in [0.25, 0.3) is 0 Å². The van der Waals surface area contributed by atoms with Gasteiger partial charge in [0.15, 0.2) is 0 Å². The quantitative estimate of drug-likeness (QED) is 0.315. The number of hydrogen-bond donors (Lipinski definition) is 0. The summed E-state index contributed by atoms with van der Waals surface area (Å²) in [6, 6.07) is 18.9. The van der Waals surface area contributed by atoms with Crippen LogP contribution in [0.2, 0.25) is 0 Å². The molecule has 6 rings (SSSR count). The third-order valence-corrected chi connectivity index (χ3v) is 6.86. The Labute approximate surface area is 186 Å². The topological polar surface area (TPSA) is 21.7 Å². The number of rotatable bonds is 1. The van der Waals surface area contributed by atoms with Gasteiger partial charge >= 0.3 is 0 Å². The molecule has 2 aromatic heterocycles. The fraction of sp³-hybridized carbons (Fsp3) is 0.214. The van der Waals surface area contributed by atoms with Crippen molar-refractivity contribution in [3.63, 3.8) is 0 Å². The summed E-state index contributed by atoms with van der Waals surface area (Å²) in [6.45, 7) is 3.91. The maximum absolute atomic E-state index is 8.39. The highest BCUT2D eigenvalue weighted by molar-refractivity contribution is 5.90. The van der Waals surface area contributed by atoms with Crippen molar-refractivity contribution < 1.29 is 8.68 Å². The van der Waals surface area contributed by atoms with E-state index in [2.05, 4.69) is 72.5 Å². The molecule has 152 valence electrons. The highest BCUT2D eigenvalue weighted by atomic mass is 15.1. The van der Waals surface area contributed by atoms with Crippen LogP contribution in [0.1, 0.15) is 37.8 Å². The second kappa shape index (κ2) is 6.27. The lowest BCUT2D eigenvalue weighted by atomic mass is 9.95. The lowest BCUT2D eigenvalue weighted by Crippen LogP contribution is -2.32. The Hall–Kier alpha value is -3.46. The number of benzene rings is 3. The zero-order chi connectivity index (χ0) is 23.9. The van der Waals surface area contributed by atoms with E-state index in [0.29, 0.717) is 17.5 Å². The minimum atomic E-state index is -2.27. The summed E-state index contributed by atoms with van der Waals surface area (Å²) in [6.07, 6.45) is 0.710. The van der Waals surface area contributed by atoms with Crippen LogP contribution >= 0.6 is 0 Å². The Morgan fingerprint density at radius 2 is 1.81 bits per heavy atom. The number of aryl methyl sites for hydroxylation is 4. The van der Waals surface area contributed by atoms with Gasteiger partial charge in [-0.3, -0.25) is 4.57 Å². The average molecular weight is 408 g/mol. The van der Waals surface area contributed by atoms with Gasteiger partial charge in [0.1, 0.15) is 12.9 Å². The average Bonchev–Trinajstić information content (AvgIpc) is 3.30. The van der Waals surface area contributed by atoms with Gasteiger partial charge in [-0.2, -0.15) is 4.57 Å². The Morgan fingerprint density at radius 3 is 2.65 bits per heavy atom. The van der Waals surface area contributed by atoms with E-state index in [0.717, 1.165) is 39.4 Å². The van der Waals surface area contributed by atoms with Crippen molar-refractivity contribution in [3.8, 4) is 16.9 Å². The van der Waals surface area contributed by atoms with Crippen molar-refractivity contribution >= 4 is 21.9 Å². The first-order valence-electron chi connectivity index (χ1n) is 12.2. The summed E-state index contributed by atoms with van der Waals surface area (Å²) in [5, 5.41) is 1.24. The Kier molecular flexibility index (Phi) is 3.11. The number of pyridine rings is 1. The third-order valence-electron chi connectivity index (χ3n) is 6.86. The SMILES string of the molecule is [2H]C([2H])([2H])c1c(C)c(-c2cc(C)c3c(C)cccc3[n+]2C)cc2c1nc1n2-c2ccccc2C1. The molecule has 1 aliphatic heterocycles. The summed E-state index contributed by atoms with van der Waals surface area (Å²) in [7, 11) is 2.06. The molecule has 0 aliphatic carbocycles. The van der Waals surface area contributed by atoms with Crippen LogP contribution in [-0.4, -0.2) is 9.55 Å². The van der Waals surface area contributed by atoms with Crippen LogP contribution < -0.4 is 4.57 Å². The van der Waals surface area contributed by atoms with E-state index in [-0.39, 0.29) is 0 Å². The van der Waals surface area contributed by atoms with Gasteiger partial charge in [-0.1, -0.05) is 30.3 Å². The Morgan fingerprint density at radius 1 is 0.968 bits per heavy atom. The molecule has 1 aliphatic rings. The van der Waals surface area contributed by atoms with E-state index in [1.807, 2.05) is 19.1 Å². The second-order valence-electron chi connectivity index (χ2n) is 8.70. The van der Waals surface area contributed by atoms with Crippen LogP contribution in [0.25, 0.3) is 38.9 Å². The van der Waals surface area contributed by atoms with Crippen LogP contribution in [0, 0.1) is 27.6 Å². The van der Waals surface area contributed by atoms with E-state index in [4.69, 9.17) is 9.10 Å². The molecular formula is C28H26N3+. The van der Waals surface area contributed by atoms with Crippen molar-refractivity contribution in [3.05, 3.63) is 88.2 Å². The summed E-state index contributed by atoms with van der Waals surface area (Å²) in [5.41, 5.74) is 10.3. The lowest BCUT2D eigenvalue weighted by Gasteiger charge is -2.13.